The molecule has 0 amide bonds. The largest absolute Gasteiger partial charge is 0.394 e. The van der Waals surface area contributed by atoms with Crippen LogP contribution in [0.4, 0.5) is 0 Å². The van der Waals surface area contributed by atoms with Gasteiger partial charge in [0.1, 0.15) is 0 Å². The van der Waals surface area contributed by atoms with Crippen molar-refractivity contribution in [2.24, 2.45) is 0 Å². The topological polar surface area (TPSA) is 35.5 Å². The molecule has 2 N–H and O–H groups in total. The van der Waals surface area contributed by atoms with Crippen molar-refractivity contribution in [1.29, 1.82) is 0 Å². The Kier molecular flexibility index (Phi) is 9.79. The molecule has 0 spiro atoms. The Morgan fingerprint density at radius 2 is 1.59 bits per heavy atom. The van der Waals surface area contributed by atoms with Crippen LogP contribution in [0.25, 0.3) is 0 Å². The molecule has 1 atom stereocenters. The maximum Gasteiger partial charge on any atom is 0.0623 e. The first-order chi connectivity index (χ1) is 8.11. The van der Waals surface area contributed by atoms with Crippen molar-refractivity contribution in [2.75, 3.05) is 32.8 Å². The van der Waals surface area contributed by atoms with Gasteiger partial charge in [-0.25, -0.2) is 0 Å². The maximum absolute atomic E-state index is 9.53. The van der Waals surface area contributed by atoms with Gasteiger partial charge in [0.25, 0.3) is 0 Å². The fraction of sp³-hybridized carbons (Fsp3) is 1.00. The Balaban J connectivity index is 4.25. The minimum atomic E-state index is -0.157. The summed E-state index contributed by atoms with van der Waals surface area (Å²) in [5.74, 6) is 0. The van der Waals surface area contributed by atoms with Gasteiger partial charge in [0.05, 0.1) is 12.1 Å². The number of hydrogen-bond acceptors (Lipinski definition) is 3. The van der Waals surface area contributed by atoms with Crippen molar-refractivity contribution in [1.82, 2.24) is 10.2 Å². The monoisotopic (exact) mass is 244 g/mol. The molecule has 0 aromatic rings. The molecule has 0 saturated carbocycles. The molecule has 3 nitrogen and oxygen atoms in total. The molecule has 17 heavy (non-hydrogen) atoms. The van der Waals surface area contributed by atoms with Crippen molar-refractivity contribution in [3.8, 4) is 0 Å². The smallest absolute Gasteiger partial charge is 0.0623 e. The summed E-state index contributed by atoms with van der Waals surface area (Å²) in [6.45, 7) is 13.0. The van der Waals surface area contributed by atoms with E-state index in [1.807, 2.05) is 0 Å². The number of likely N-dealkylation sites (N-methyl/N-ethyl adjacent to an activating group) is 1. The lowest BCUT2D eigenvalue weighted by Crippen LogP contribution is -2.54. The second-order valence-corrected chi connectivity index (χ2v) is 5.23. The molecule has 104 valence electrons. The van der Waals surface area contributed by atoms with Crippen molar-refractivity contribution >= 4 is 0 Å². The summed E-state index contributed by atoms with van der Waals surface area (Å²) in [7, 11) is 0. The van der Waals surface area contributed by atoms with Crippen LogP contribution < -0.4 is 5.32 Å². The highest BCUT2D eigenvalue weighted by atomic mass is 16.3. The van der Waals surface area contributed by atoms with Gasteiger partial charge in [0.2, 0.25) is 0 Å². The van der Waals surface area contributed by atoms with Gasteiger partial charge in [-0.1, -0.05) is 33.6 Å². The van der Waals surface area contributed by atoms with E-state index in [0.29, 0.717) is 0 Å². The van der Waals surface area contributed by atoms with E-state index in [-0.39, 0.29) is 12.1 Å². The van der Waals surface area contributed by atoms with E-state index >= 15 is 0 Å². The lowest BCUT2D eigenvalue weighted by molar-refractivity contribution is 0.119. The van der Waals surface area contributed by atoms with E-state index in [1.54, 1.807) is 0 Å². The molecule has 0 aliphatic heterocycles. The van der Waals surface area contributed by atoms with Crippen LogP contribution in [-0.4, -0.2) is 48.3 Å². The van der Waals surface area contributed by atoms with E-state index in [0.717, 1.165) is 26.2 Å². The second-order valence-electron chi connectivity index (χ2n) is 5.23. The van der Waals surface area contributed by atoms with Gasteiger partial charge in [0.15, 0.2) is 0 Å². The molecule has 3 heteroatoms. The van der Waals surface area contributed by atoms with Crippen LogP contribution in [0.3, 0.4) is 0 Å². The summed E-state index contributed by atoms with van der Waals surface area (Å²) in [5, 5.41) is 12.9. The zero-order valence-electron chi connectivity index (χ0n) is 12.3. The minimum absolute atomic E-state index is 0.157. The molecular formula is C14H32N2O. The first-order valence-corrected chi connectivity index (χ1v) is 7.20. The van der Waals surface area contributed by atoms with Gasteiger partial charge < -0.3 is 15.3 Å². The Hall–Kier alpha value is -0.120. The molecule has 0 aliphatic carbocycles. The van der Waals surface area contributed by atoms with Crippen LogP contribution in [-0.2, 0) is 0 Å². The summed E-state index contributed by atoms with van der Waals surface area (Å²) in [5.41, 5.74) is -0.157. The number of aliphatic hydroxyl groups is 1. The molecule has 0 fully saturated rings. The predicted octanol–water partition coefficient (Wildman–Crippen LogP) is 2.25. The van der Waals surface area contributed by atoms with Crippen LogP contribution in [0.2, 0.25) is 0 Å². The molecule has 0 aromatic carbocycles. The Morgan fingerprint density at radius 1 is 1.06 bits per heavy atom. The highest BCUT2D eigenvalue weighted by Crippen LogP contribution is 2.08. The standard InChI is InChI=1S/C14H32N2O/c1-5-8-10-16(11-9-6-2)12-14(4,13-17)15-7-3/h15,17H,5-13H2,1-4H3. The third kappa shape index (κ3) is 7.74. The van der Waals surface area contributed by atoms with Crippen LogP contribution in [0.1, 0.15) is 53.4 Å². The molecule has 0 saturated heterocycles. The number of rotatable bonds is 11. The minimum Gasteiger partial charge on any atom is -0.394 e. The van der Waals surface area contributed by atoms with E-state index in [1.165, 1.54) is 25.7 Å². The third-order valence-corrected chi connectivity index (χ3v) is 3.18. The molecule has 0 aliphatic rings. The first kappa shape index (κ1) is 16.9. The van der Waals surface area contributed by atoms with E-state index < -0.39 is 0 Å². The fourth-order valence-corrected chi connectivity index (χ4v) is 2.12. The molecule has 0 radical (unpaired) electrons. The number of unbranched alkanes of at least 4 members (excludes halogenated alkanes) is 2. The van der Waals surface area contributed by atoms with Gasteiger partial charge in [0, 0.05) is 6.54 Å². The van der Waals surface area contributed by atoms with E-state index in [9.17, 15) is 5.11 Å². The van der Waals surface area contributed by atoms with Gasteiger partial charge in [-0.15, -0.1) is 0 Å². The quantitative estimate of drug-likeness (QED) is 0.585. The predicted molar refractivity (Wildman–Crippen MR) is 75.4 cm³/mol. The molecule has 0 rings (SSSR count). The lowest BCUT2D eigenvalue weighted by Gasteiger charge is -2.35. The van der Waals surface area contributed by atoms with E-state index in [4.69, 9.17) is 0 Å². The van der Waals surface area contributed by atoms with Gasteiger partial charge in [-0.2, -0.15) is 0 Å². The maximum atomic E-state index is 9.53. The molecule has 0 bridgehead atoms. The summed E-state index contributed by atoms with van der Waals surface area (Å²) in [4.78, 5) is 2.49. The zero-order valence-corrected chi connectivity index (χ0v) is 12.3. The summed E-state index contributed by atoms with van der Waals surface area (Å²) < 4.78 is 0. The molecule has 1 unspecified atom stereocenters. The lowest BCUT2D eigenvalue weighted by atomic mass is 10.0. The highest BCUT2D eigenvalue weighted by molar-refractivity contribution is 4.85. The van der Waals surface area contributed by atoms with Crippen LogP contribution in [0.15, 0.2) is 0 Å². The van der Waals surface area contributed by atoms with E-state index in [2.05, 4.69) is 37.9 Å². The third-order valence-electron chi connectivity index (χ3n) is 3.18. The number of nitrogens with one attached hydrogen (secondary N) is 1. The average molecular weight is 244 g/mol. The van der Waals surface area contributed by atoms with Crippen LogP contribution in [0, 0.1) is 0 Å². The zero-order chi connectivity index (χ0) is 13.1. The van der Waals surface area contributed by atoms with Crippen LogP contribution in [0.5, 0.6) is 0 Å². The van der Waals surface area contributed by atoms with Crippen molar-refractivity contribution in [2.45, 2.75) is 58.9 Å². The normalized spacial score (nSPS) is 15.2. The highest BCUT2D eigenvalue weighted by Gasteiger charge is 2.24. The number of nitrogens with zero attached hydrogens (tertiary/aromatic N) is 1. The van der Waals surface area contributed by atoms with Crippen LogP contribution >= 0.6 is 0 Å². The number of aliphatic hydroxyl groups excluding tert-OH is 1. The summed E-state index contributed by atoms with van der Waals surface area (Å²) in [6.07, 6.45) is 4.97. The SMILES string of the molecule is CCCCN(CCCC)CC(C)(CO)NCC. The van der Waals surface area contributed by atoms with Crippen molar-refractivity contribution in [3.05, 3.63) is 0 Å². The molecule has 0 heterocycles. The van der Waals surface area contributed by atoms with Gasteiger partial charge >= 0.3 is 0 Å². The Bertz CT molecular complexity index is 168. The van der Waals surface area contributed by atoms with Crippen molar-refractivity contribution < 1.29 is 5.11 Å². The Labute approximate surface area is 108 Å². The second kappa shape index (κ2) is 9.86. The molecule has 0 aromatic heterocycles. The first-order valence-electron chi connectivity index (χ1n) is 7.20. The van der Waals surface area contributed by atoms with Gasteiger partial charge in [-0.05, 0) is 39.4 Å². The fourth-order valence-electron chi connectivity index (χ4n) is 2.12. The van der Waals surface area contributed by atoms with Crippen molar-refractivity contribution in [3.63, 3.8) is 0 Å². The summed E-state index contributed by atoms with van der Waals surface area (Å²) in [6, 6.07) is 0. The summed E-state index contributed by atoms with van der Waals surface area (Å²) >= 11 is 0. The molecular weight excluding hydrogens is 212 g/mol. The average Bonchev–Trinajstić information content (AvgIpc) is 2.33. The number of hydrogen-bond donors (Lipinski definition) is 2. The Morgan fingerprint density at radius 3 is 1.94 bits per heavy atom. The van der Waals surface area contributed by atoms with Gasteiger partial charge in [-0.3, -0.25) is 0 Å².